The van der Waals surface area contributed by atoms with Crippen molar-refractivity contribution in [2.45, 2.75) is 140 Å². The topological polar surface area (TPSA) is 420 Å². The van der Waals surface area contributed by atoms with E-state index < -0.39 is 101 Å². The van der Waals surface area contributed by atoms with E-state index in [0.717, 1.165) is 66.4 Å². The summed E-state index contributed by atoms with van der Waals surface area (Å²) >= 11 is 1.38. The van der Waals surface area contributed by atoms with Gasteiger partial charge in [0, 0.05) is 28.9 Å². The average molecular weight is 1510 g/mol. The first-order valence-corrected chi connectivity index (χ1v) is 31.3. The van der Waals surface area contributed by atoms with Crippen LogP contribution < -0.4 is 36.0 Å². The standard InChI is InChI=1S/C19H24N2O5.C13H20N2O.C9H16O4.C8H9NO3.C8H11NO.C6H5NO4.C5H9N.CH3I.CO2/c1-5-7-11-14-20-17(22)15(19(24)26-6-2)18(23)21(14)16-12(3)9-8-10-13(16)25-4;1-4-5-9-12(14)15-13-10(2)7-6-8-11(13)16-3;1-4-7(8(10)12-5-2)9(11)13-6-3;1-6-4-3-5-7(12-2)8(6)9(10)11;1-6-4-3-5-7(10-2)8(6)9;8-4-2-1-3-5(9)6(4)7(10)11;1-2-3-4-5-6;1-2;2-1-3/h8-10,22H,5-7,11H2,1-4H3;6-8H,4-5,9H2,1-3H3,(H2,14,15);7H,4-6H2,1-3H3;3-5H,1-2H3;3-5H,9H2,1-2H3;1-3,8-9H;2-4H2,1H3;1H3;/i4D3;3D3;;2*2D3;;;1D3;. The average Bonchev–Trinajstić information content (AvgIpc) is 0.556. The summed E-state index contributed by atoms with van der Waals surface area (Å²) in [6.45, 7) is 20.2. The molecule has 0 fully saturated rings. The summed E-state index contributed by atoms with van der Waals surface area (Å²) in [6.07, 6.45) is 8.02. The smallest absolute Gasteiger partial charge is 0.373 e. The molecule has 0 spiro atoms. The summed E-state index contributed by atoms with van der Waals surface area (Å²) in [7, 11) is -10.4. The highest BCUT2D eigenvalue weighted by molar-refractivity contribution is 14.1. The van der Waals surface area contributed by atoms with Crippen molar-refractivity contribution in [2.75, 3.05) is 58.6 Å². The molecule has 0 atom stereocenters. The lowest BCUT2D eigenvalue weighted by molar-refractivity contribution is -0.386. The number of esters is 3. The van der Waals surface area contributed by atoms with Crippen molar-refractivity contribution < 1.29 is 103 Å². The van der Waals surface area contributed by atoms with Crippen molar-refractivity contribution in [1.29, 1.82) is 5.26 Å². The number of aromatic nitrogens is 2. The monoisotopic (exact) mass is 1510 g/mol. The first-order valence-electron chi connectivity index (χ1n) is 37.7. The lowest BCUT2D eigenvalue weighted by Crippen LogP contribution is -2.31. The maximum Gasteiger partial charge on any atom is 0.373 e. The Balaban J connectivity index is -0.00000129. The van der Waals surface area contributed by atoms with Crippen molar-refractivity contribution in [3.05, 3.63) is 155 Å². The van der Waals surface area contributed by atoms with E-state index >= 15 is 0 Å². The molecule has 1 aromatic heterocycles. The van der Waals surface area contributed by atoms with Crippen LogP contribution in [0.4, 0.5) is 22.7 Å². The lowest BCUT2D eigenvalue weighted by atomic mass is 10.1. The molecule has 0 aliphatic heterocycles. The molecule has 0 bridgehead atoms. The molecule has 0 radical (unpaired) electrons. The maximum atomic E-state index is 13.2. The number of nitro groups is 2. The molecule has 7 N–H and O–H groups in total. The van der Waals surface area contributed by atoms with Crippen LogP contribution in [-0.2, 0) is 39.8 Å². The van der Waals surface area contributed by atoms with Gasteiger partial charge in [-0.1, -0.05) is 124 Å². The Hall–Kier alpha value is -10.3. The normalized spacial score (nSPS) is 12.6. The Morgan fingerprint density at radius 3 is 1.58 bits per heavy atom. The molecule has 0 aliphatic rings. The number of ether oxygens (including phenoxy) is 7. The zero-order chi connectivity index (χ0) is 88.7. The molecular formula is C70H97IN8O20. The molecule has 0 saturated heterocycles. The summed E-state index contributed by atoms with van der Waals surface area (Å²) in [5.74, 6) is -3.73. The highest BCUT2D eigenvalue weighted by Gasteiger charge is 2.28. The van der Waals surface area contributed by atoms with E-state index in [9.17, 15) is 44.5 Å². The van der Waals surface area contributed by atoms with Crippen molar-refractivity contribution in [2.24, 2.45) is 16.6 Å². The summed E-state index contributed by atoms with van der Waals surface area (Å²) in [5, 5.41) is 56.7. The van der Waals surface area contributed by atoms with Gasteiger partial charge in [-0.3, -0.25) is 39.2 Å². The molecule has 0 saturated carbocycles. The Bertz CT molecular complexity index is 4130. The van der Waals surface area contributed by atoms with Crippen LogP contribution in [0.15, 0.2) is 101 Å². The second kappa shape index (κ2) is 54.7. The molecule has 28 nitrogen and oxygen atoms in total. The van der Waals surface area contributed by atoms with Crippen LogP contribution >= 0.6 is 22.6 Å². The van der Waals surface area contributed by atoms with Crippen LogP contribution in [0.5, 0.6) is 40.4 Å². The number of alkyl halides is 1. The van der Waals surface area contributed by atoms with E-state index in [1.54, 1.807) is 77.9 Å². The van der Waals surface area contributed by atoms with Gasteiger partial charge >= 0.3 is 35.4 Å². The van der Waals surface area contributed by atoms with Gasteiger partial charge in [-0.2, -0.15) is 19.8 Å². The van der Waals surface area contributed by atoms with Crippen LogP contribution in [0.25, 0.3) is 5.69 Å². The summed E-state index contributed by atoms with van der Waals surface area (Å²) in [5.41, 5.74) is 12.6. The molecular weight excluding hydrogens is 1400 g/mol. The van der Waals surface area contributed by atoms with E-state index in [4.69, 9.17) is 80.8 Å². The lowest BCUT2D eigenvalue weighted by Gasteiger charge is -2.18. The third-order valence-corrected chi connectivity index (χ3v) is 12.5. The minimum atomic E-state index is -2.75. The van der Waals surface area contributed by atoms with E-state index in [-0.39, 0.29) is 66.2 Å². The molecule has 0 aliphatic carbocycles. The summed E-state index contributed by atoms with van der Waals surface area (Å²) in [6, 6.07) is 24.8. The Kier molecular flexibility index (Phi) is 37.2. The van der Waals surface area contributed by atoms with Crippen molar-refractivity contribution in [1.82, 2.24) is 9.55 Å². The molecule has 0 unspecified atom stereocenters. The number of aryl methyl sites for hydroxylation is 5. The molecule has 544 valence electrons. The highest BCUT2D eigenvalue weighted by atomic mass is 127. The number of nitriles is 1. The molecule has 0 amide bonds. The predicted molar refractivity (Wildman–Crippen MR) is 386 cm³/mol. The van der Waals surface area contributed by atoms with Gasteiger partial charge in [0.15, 0.2) is 28.7 Å². The van der Waals surface area contributed by atoms with Gasteiger partial charge in [0.25, 0.3) is 5.56 Å². The number of phenols is 2. The number of phenolic OH excluding ortho intramolecular Hbond substituents is 2. The second-order valence-corrected chi connectivity index (χ2v) is 19.5. The number of hydrogen-bond donors (Lipinski definition) is 5. The van der Waals surface area contributed by atoms with E-state index in [1.165, 1.54) is 65.9 Å². The number of halogens is 1. The minimum Gasteiger partial charge on any atom is -0.502 e. The number of hydrogen-bond acceptors (Lipinski definition) is 24. The number of carbonyl (C=O) groups excluding carboxylic acids is 5. The Morgan fingerprint density at radius 2 is 1.11 bits per heavy atom. The van der Waals surface area contributed by atoms with Crippen LogP contribution in [0.1, 0.15) is 165 Å². The fourth-order valence-electron chi connectivity index (χ4n) is 7.65. The second-order valence-electron chi connectivity index (χ2n) is 19.5. The molecule has 99 heavy (non-hydrogen) atoms. The SMILES string of the molecule is CCCCC#N.CCOC(=O)C(CC)C(=O)OCC.O=C=O.O=[N+]([O-])c1c(O)cccc1O.[2H]C([2H])([2H])I.[2H]C([2H])([2H])Oc1cccc(C)c1-n1c(CCCC)nc(O)c(C(=O)OCC)c1=O.[2H]C([2H])([2H])Oc1cccc(C)c1N.[2H]C([2H])([2H])Oc1cccc(C)c1N=C(N)CCCC.[2H]C([2H])([2H])Oc1cccc(C)c1[N+](=O)[O-]. The number of methoxy groups -OCH3 is 4. The number of nitrogen functional groups attached to an aromatic ring is 1. The fourth-order valence-corrected chi connectivity index (χ4v) is 7.65. The van der Waals surface area contributed by atoms with Gasteiger partial charge < -0.3 is 59.9 Å². The molecule has 5 aromatic carbocycles. The van der Waals surface area contributed by atoms with Crippen molar-refractivity contribution >= 4 is 75.2 Å². The number of benzene rings is 5. The van der Waals surface area contributed by atoms with Crippen LogP contribution in [0, 0.1) is 65.2 Å². The Labute approximate surface area is 613 Å². The van der Waals surface area contributed by atoms with Crippen LogP contribution in [0.2, 0.25) is 0 Å². The third kappa shape index (κ3) is 33.9. The predicted octanol–water partition coefficient (Wildman–Crippen LogP) is 13.8. The van der Waals surface area contributed by atoms with E-state index in [1.807, 2.05) is 19.9 Å². The zero-order valence-corrected chi connectivity index (χ0v) is 59.1. The van der Waals surface area contributed by atoms with E-state index in [0.29, 0.717) is 54.0 Å². The van der Waals surface area contributed by atoms with Crippen molar-refractivity contribution in [3.63, 3.8) is 0 Å². The van der Waals surface area contributed by atoms with Crippen LogP contribution in [0.3, 0.4) is 0 Å². The maximum absolute atomic E-state index is 13.2. The number of nitrogens with two attached hydrogens (primary N) is 2. The van der Waals surface area contributed by atoms with Gasteiger partial charge in [-0.25, -0.2) is 9.79 Å². The highest BCUT2D eigenvalue weighted by Crippen LogP contribution is 2.35. The number of carbonyl (C=O) groups is 3. The number of aliphatic imine (C=N–C) groups is 1. The number of unbranched alkanes of at least 4 members (excludes halogenated alkanes) is 4. The zero-order valence-electron chi connectivity index (χ0n) is 71.9. The largest absolute Gasteiger partial charge is 0.502 e. The first-order chi connectivity index (χ1) is 52.8. The quantitative estimate of drug-likeness (QED) is 0.00340. The molecule has 6 rings (SSSR count). The fraction of sp³-hybridized carbons (Fsp3) is 0.429. The molecule has 1 heterocycles. The van der Waals surface area contributed by atoms with E-state index in [2.05, 4.69) is 39.4 Å². The number of aromatic hydroxyl groups is 3. The molecule has 6 aromatic rings. The third-order valence-electron chi connectivity index (χ3n) is 12.5. The number of para-hydroxylation sites is 5. The van der Waals surface area contributed by atoms with Crippen molar-refractivity contribution in [3.8, 4) is 52.1 Å². The minimum absolute atomic E-state index is 0.00702. The van der Waals surface area contributed by atoms with Crippen LogP contribution in [-0.4, -0.2) is 117 Å². The summed E-state index contributed by atoms with van der Waals surface area (Å²) < 4.78 is 138. The van der Waals surface area contributed by atoms with Gasteiger partial charge in [-0.05, 0) is 132 Å². The summed E-state index contributed by atoms with van der Waals surface area (Å²) in [4.78, 5) is 89.9. The van der Waals surface area contributed by atoms with Gasteiger partial charge in [-0.15, -0.1) is 0 Å². The Morgan fingerprint density at radius 1 is 0.667 bits per heavy atom. The number of nitro benzene ring substituents is 2. The number of rotatable bonds is 23. The van der Waals surface area contributed by atoms with Gasteiger partial charge in [0.1, 0.15) is 28.8 Å². The first kappa shape index (κ1) is 67.2. The van der Waals surface area contributed by atoms with Gasteiger partial charge in [0.05, 0.1) is 97.5 Å². The number of anilines is 1. The van der Waals surface area contributed by atoms with Gasteiger partial charge in [0.2, 0.25) is 5.88 Å². The molecule has 29 heteroatoms. The number of amidine groups is 1. The number of nitrogens with zero attached hydrogens (tertiary/aromatic N) is 6.